The Kier molecular flexibility index (Phi) is 5.37. The van der Waals surface area contributed by atoms with Crippen molar-refractivity contribution >= 4 is 11.9 Å². The number of hydrogen-bond acceptors (Lipinski definition) is 4. The van der Waals surface area contributed by atoms with Gasteiger partial charge < -0.3 is 9.47 Å². The number of carbonyl (C=O) groups excluding carboxylic acids is 2. The molecule has 0 N–H and O–H groups in total. The number of carbonyl (C=O) groups is 2. The van der Waals surface area contributed by atoms with Crippen LogP contribution in [0.5, 0.6) is 0 Å². The van der Waals surface area contributed by atoms with Gasteiger partial charge in [0.15, 0.2) is 12.2 Å². The number of esters is 2. The fourth-order valence-electron chi connectivity index (χ4n) is 5.42. The number of ether oxygens (including phenoxy) is 2. The normalized spacial score (nSPS) is 21.3. The van der Waals surface area contributed by atoms with Gasteiger partial charge in [-0.15, -0.1) is 0 Å². The molecule has 4 nitrogen and oxygen atoms in total. The molecule has 0 saturated carbocycles. The second kappa shape index (κ2) is 8.72. The summed E-state index contributed by atoms with van der Waals surface area (Å²) in [6.45, 7) is 0. The first-order chi connectivity index (χ1) is 17.5. The lowest BCUT2D eigenvalue weighted by molar-refractivity contribution is -0.0558. The SMILES string of the molecule is O=C(OC1C(OC(=O)c2ccccc2)[C@H]2c3ccc(F)cc3[C@H]1c1ccc(F)cc12)c1ccccc1. The van der Waals surface area contributed by atoms with Crippen LogP contribution in [0, 0.1) is 11.6 Å². The largest absolute Gasteiger partial charge is 0.454 e. The van der Waals surface area contributed by atoms with Gasteiger partial charge in [0.1, 0.15) is 11.6 Å². The molecule has 6 heteroatoms. The lowest BCUT2D eigenvalue weighted by Gasteiger charge is -2.49. The Morgan fingerprint density at radius 3 is 1.31 bits per heavy atom. The summed E-state index contributed by atoms with van der Waals surface area (Å²) in [5.41, 5.74) is 3.39. The van der Waals surface area contributed by atoms with Gasteiger partial charge in [0.2, 0.25) is 0 Å². The van der Waals surface area contributed by atoms with Crippen molar-refractivity contribution in [1.29, 1.82) is 0 Å². The number of fused-ring (bicyclic) bond motifs is 1. The van der Waals surface area contributed by atoms with Crippen LogP contribution in [0.4, 0.5) is 8.78 Å². The van der Waals surface area contributed by atoms with Crippen LogP contribution in [0.15, 0.2) is 97.1 Å². The van der Waals surface area contributed by atoms with Crippen molar-refractivity contribution < 1.29 is 27.8 Å². The van der Waals surface area contributed by atoms with Gasteiger partial charge in [-0.2, -0.15) is 0 Å². The predicted molar refractivity (Wildman–Crippen MR) is 128 cm³/mol. The van der Waals surface area contributed by atoms with Crippen LogP contribution in [0.3, 0.4) is 0 Å². The number of hydrogen-bond donors (Lipinski definition) is 0. The van der Waals surface area contributed by atoms with E-state index in [1.54, 1.807) is 72.8 Å². The van der Waals surface area contributed by atoms with E-state index in [2.05, 4.69) is 0 Å². The first kappa shape index (κ1) is 22.2. The number of benzene rings is 4. The summed E-state index contributed by atoms with van der Waals surface area (Å²) < 4.78 is 40.8. The molecule has 3 aliphatic rings. The third-order valence-electron chi connectivity index (χ3n) is 6.92. The van der Waals surface area contributed by atoms with E-state index in [9.17, 15) is 18.4 Å². The zero-order valence-corrected chi connectivity index (χ0v) is 18.9. The highest BCUT2D eigenvalue weighted by molar-refractivity contribution is 5.90. The van der Waals surface area contributed by atoms with Crippen LogP contribution in [-0.4, -0.2) is 24.1 Å². The first-order valence-electron chi connectivity index (χ1n) is 11.6. The lowest BCUT2D eigenvalue weighted by Crippen LogP contribution is -2.51. The second-order valence-electron chi connectivity index (χ2n) is 8.97. The molecule has 0 aromatic heterocycles. The average molecular weight is 482 g/mol. The monoisotopic (exact) mass is 482 g/mol. The van der Waals surface area contributed by atoms with E-state index in [4.69, 9.17) is 9.47 Å². The molecule has 0 fully saturated rings. The second-order valence-corrected chi connectivity index (χ2v) is 8.97. The number of halogens is 2. The Balaban J connectivity index is 1.49. The summed E-state index contributed by atoms with van der Waals surface area (Å²) in [5.74, 6) is -3.33. The quantitative estimate of drug-likeness (QED) is 0.335. The fraction of sp³-hybridized carbons (Fsp3) is 0.133. The van der Waals surface area contributed by atoms with Crippen LogP contribution in [-0.2, 0) is 9.47 Å². The van der Waals surface area contributed by atoms with Crippen LogP contribution >= 0.6 is 0 Å². The van der Waals surface area contributed by atoms with Crippen LogP contribution in [0.2, 0.25) is 0 Å². The van der Waals surface area contributed by atoms with E-state index in [1.165, 1.54) is 24.3 Å². The molecule has 2 unspecified atom stereocenters. The van der Waals surface area contributed by atoms with Gasteiger partial charge in [-0.3, -0.25) is 0 Å². The summed E-state index contributed by atoms with van der Waals surface area (Å²) >= 11 is 0. The van der Waals surface area contributed by atoms with Crippen molar-refractivity contribution in [3.8, 4) is 0 Å². The first-order valence-corrected chi connectivity index (χ1v) is 11.6. The maximum Gasteiger partial charge on any atom is 0.338 e. The van der Waals surface area contributed by atoms with Crippen LogP contribution in [0.1, 0.15) is 54.8 Å². The molecule has 178 valence electrons. The molecule has 0 aliphatic heterocycles. The predicted octanol–water partition coefficient (Wildman–Crippen LogP) is 6.01. The summed E-state index contributed by atoms with van der Waals surface area (Å²) in [5, 5.41) is 0. The molecule has 0 saturated heterocycles. The van der Waals surface area contributed by atoms with E-state index in [0.717, 1.165) is 11.1 Å². The number of rotatable bonds is 4. The molecule has 0 heterocycles. The maximum absolute atomic E-state index is 14.4. The minimum absolute atomic E-state index is 0.339. The van der Waals surface area contributed by atoms with Crippen molar-refractivity contribution in [1.82, 2.24) is 0 Å². The van der Waals surface area contributed by atoms with Gasteiger partial charge in [0.25, 0.3) is 0 Å². The third kappa shape index (κ3) is 3.66. The maximum atomic E-state index is 14.4. The molecule has 7 rings (SSSR count). The van der Waals surface area contributed by atoms with Gasteiger partial charge in [-0.05, 0) is 70.8 Å². The molecular formula is C30H20F2O4. The summed E-state index contributed by atoms with van der Waals surface area (Å²) in [6, 6.07) is 25.7. The molecule has 4 atom stereocenters. The van der Waals surface area contributed by atoms with Gasteiger partial charge in [-0.1, -0.05) is 48.5 Å². The minimum Gasteiger partial charge on any atom is -0.454 e. The highest BCUT2D eigenvalue weighted by Gasteiger charge is 2.54. The van der Waals surface area contributed by atoms with E-state index < -0.39 is 47.6 Å². The summed E-state index contributed by atoms with van der Waals surface area (Å²) in [7, 11) is 0. The van der Waals surface area contributed by atoms with E-state index in [0.29, 0.717) is 22.3 Å². The molecule has 3 aliphatic carbocycles. The van der Waals surface area contributed by atoms with Gasteiger partial charge in [-0.25, -0.2) is 18.4 Å². The molecule has 4 aromatic carbocycles. The molecule has 36 heavy (non-hydrogen) atoms. The highest BCUT2D eigenvalue weighted by Crippen LogP contribution is 2.55. The standard InChI is InChI=1S/C30H20F2O4/c31-19-12-14-22-23(15-19)25-21-13-11-20(32)16-24(21)26(22)28(36-30(34)18-9-5-2-6-10-18)27(25)35-29(33)17-7-3-1-4-8-17/h1-16,25-28H/t25-,26+,27?,28?. The molecule has 0 spiro atoms. The van der Waals surface area contributed by atoms with Crippen LogP contribution in [0.25, 0.3) is 0 Å². The molecule has 0 radical (unpaired) electrons. The Hall–Kier alpha value is -4.32. The van der Waals surface area contributed by atoms with E-state index in [1.807, 2.05) is 0 Å². The van der Waals surface area contributed by atoms with Crippen molar-refractivity contribution in [3.63, 3.8) is 0 Å². The van der Waals surface area contributed by atoms with E-state index in [-0.39, 0.29) is 0 Å². The van der Waals surface area contributed by atoms with Crippen molar-refractivity contribution in [3.05, 3.63) is 142 Å². The fourth-order valence-corrected chi connectivity index (χ4v) is 5.42. The lowest BCUT2D eigenvalue weighted by atomic mass is 9.61. The Labute approximate surface area is 206 Å². The summed E-state index contributed by atoms with van der Waals surface area (Å²) in [4.78, 5) is 26.3. The highest BCUT2D eigenvalue weighted by atomic mass is 19.1. The van der Waals surface area contributed by atoms with Crippen LogP contribution < -0.4 is 0 Å². The zero-order valence-electron chi connectivity index (χ0n) is 18.9. The Bertz CT molecular complexity index is 1360. The van der Waals surface area contributed by atoms with Crippen molar-refractivity contribution in [2.45, 2.75) is 24.0 Å². The van der Waals surface area contributed by atoms with Gasteiger partial charge >= 0.3 is 11.9 Å². The smallest absolute Gasteiger partial charge is 0.338 e. The molecule has 0 amide bonds. The zero-order chi connectivity index (χ0) is 24.8. The Morgan fingerprint density at radius 2 is 0.917 bits per heavy atom. The van der Waals surface area contributed by atoms with Gasteiger partial charge in [0, 0.05) is 0 Å². The minimum atomic E-state index is -0.942. The Morgan fingerprint density at radius 1 is 0.528 bits per heavy atom. The van der Waals surface area contributed by atoms with Gasteiger partial charge in [0.05, 0.1) is 23.0 Å². The van der Waals surface area contributed by atoms with E-state index >= 15 is 0 Å². The molecular weight excluding hydrogens is 462 g/mol. The third-order valence-corrected chi connectivity index (χ3v) is 6.92. The average Bonchev–Trinajstić information content (AvgIpc) is 2.90. The van der Waals surface area contributed by atoms with Crippen molar-refractivity contribution in [2.75, 3.05) is 0 Å². The van der Waals surface area contributed by atoms with Crippen molar-refractivity contribution in [2.24, 2.45) is 0 Å². The summed E-state index contributed by atoms with van der Waals surface area (Å²) in [6.07, 6.45) is -1.88. The topological polar surface area (TPSA) is 52.6 Å². The molecule has 4 aromatic rings. The molecule has 2 bridgehead atoms.